The molecule has 1 aliphatic rings. The molecule has 0 saturated heterocycles. The van der Waals surface area contributed by atoms with Crippen molar-refractivity contribution in [1.82, 2.24) is 10.2 Å². The van der Waals surface area contributed by atoms with Gasteiger partial charge in [0.2, 0.25) is 0 Å². The van der Waals surface area contributed by atoms with Crippen LogP contribution < -0.4 is 5.32 Å². The molecule has 3 rings (SSSR count). The van der Waals surface area contributed by atoms with Crippen LogP contribution >= 0.6 is 11.6 Å². The van der Waals surface area contributed by atoms with E-state index in [4.69, 9.17) is 30.5 Å². The zero-order chi connectivity index (χ0) is 29.3. The molecule has 2 aromatic carbocycles. The summed E-state index contributed by atoms with van der Waals surface area (Å²) in [7, 11) is 4.66. The fourth-order valence-electron chi connectivity index (χ4n) is 4.16. The van der Waals surface area contributed by atoms with Gasteiger partial charge in [-0.1, -0.05) is 11.6 Å². The van der Waals surface area contributed by atoms with Crippen LogP contribution in [-0.4, -0.2) is 82.6 Å². The number of hydrogen-bond acceptors (Lipinski definition) is 8. The van der Waals surface area contributed by atoms with E-state index in [1.807, 2.05) is 4.90 Å². The predicted octanol–water partition coefficient (Wildman–Crippen LogP) is 4.34. The van der Waals surface area contributed by atoms with Crippen molar-refractivity contribution in [2.24, 2.45) is 4.99 Å². The normalized spacial score (nSPS) is 13.1. The van der Waals surface area contributed by atoms with Gasteiger partial charge >= 0.3 is 6.18 Å². The smallest absolute Gasteiger partial charge is 0.416 e. The van der Waals surface area contributed by atoms with Crippen molar-refractivity contribution in [3.05, 3.63) is 57.1 Å². The Morgan fingerprint density at radius 1 is 1.02 bits per heavy atom. The molecule has 0 radical (unpaired) electrons. The summed E-state index contributed by atoms with van der Waals surface area (Å²) in [4.78, 5) is 19.5. The molecule has 1 heterocycles. The van der Waals surface area contributed by atoms with E-state index < -0.39 is 17.6 Å². The molecule has 0 atom stereocenters. The van der Waals surface area contributed by atoms with Crippen molar-refractivity contribution in [2.75, 3.05) is 60.8 Å². The molecule has 1 amide bonds. The number of amides is 1. The van der Waals surface area contributed by atoms with Gasteiger partial charge in [-0.15, -0.1) is 0 Å². The minimum atomic E-state index is -4.56. The van der Waals surface area contributed by atoms with Gasteiger partial charge in [-0.05, 0) is 29.8 Å². The van der Waals surface area contributed by atoms with Crippen LogP contribution in [0.3, 0.4) is 0 Å². The minimum absolute atomic E-state index is 0.0357. The molecule has 220 valence electrons. The van der Waals surface area contributed by atoms with E-state index in [1.54, 1.807) is 20.3 Å². The lowest BCUT2D eigenvalue weighted by molar-refractivity contribution is -0.137. The first kappa shape index (κ1) is 31.8. The van der Waals surface area contributed by atoms with Gasteiger partial charge < -0.3 is 29.4 Å². The molecule has 0 unspecified atom stereocenters. The quantitative estimate of drug-likeness (QED) is 0.317. The number of benzene rings is 2. The van der Waals surface area contributed by atoms with E-state index in [-0.39, 0.29) is 60.5 Å². The van der Waals surface area contributed by atoms with E-state index in [2.05, 4.69) is 10.3 Å². The Bertz CT molecular complexity index is 1200. The van der Waals surface area contributed by atoms with E-state index in [0.29, 0.717) is 43.1 Å². The molecule has 13 heteroatoms. The Kier molecular flexibility index (Phi) is 11.7. The standard InChI is InChI=1S/C27H33ClF3N3O6/c1-37-6-4-34(5-7-38-2)15-18-12-21(28)14-22(25(18)35)26(36)33-23-13-17-10-20(27(29,30)31)11-19(24(17)32-23)16-40-9-8-39-3/h10-12,14,35H,4-9,13,15-16H2,1-3H3,(H,32,33,36). The second-order valence-electron chi connectivity index (χ2n) is 9.10. The number of phenolic OH excluding ortho intramolecular Hbond substituents is 1. The summed E-state index contributed by atoms with van der Waals surface area (Å²) < 4.78 is 61.2. The van der Waals surface area contributed by atoms with Crippen LogP contribution in [0.15, 0.2) is 29.3 Å². The van der Waals surface area contributed by atoms with Crippen LogP contribution in [0, 0.1) is 0 Å². The lowest BCUT2D eigenvalue weighted by atomic mass is 10.0. The Morgan fingerprint density at radius 2 is 1.70 bits per heavy atom. The summed E-state index contributed by atoms with van der Waals surface area (Å²) in [6.45, 7) is 2.66. The Labute approximate surface area is 235 Å². The number of hydrogen-bond donors (Lipinski definition) is 2. The summed E-state index contributed by atoms with van der Waals surface area (Å²) >= 11 is 6.28. The molecule has 0 saturated carbocycles. The van der Waals surface area contributed by atoms with E-state index in [1.165, 1.54) is 13.2 Å². The van der Waals surface area contributed by atoms with Crippen molar-refractivity contribution in [2.45, 2.75) is 25.7 Å². The average Bonchev–Trinajstić information content (AvgIpc) is 3.31. The molecule has 0 aromatic heterocycles. The number of amidine groups is 1. The summed E-state index contributed by atoms with van der Waals surface area (Å²) in [5.41, 5.74) is 0.362. The number of halogens is 4. The molecule has 2 N–H and O–H groups in total. The third kappa shape index (κ3) is 8.63. The van der Waals surface area contributed by atoms with Crippen molar-refractivity contribution < 1.29 is 42.0 Å². The molecule has 0 aliphatic carbocycles. The van der Waals surface area contributed by atoms with Gasteiger partial charge in [-0.2, -0.15) is 13.2 Å². The first-order valence-electron chi connectivity index (χ1n) is 12.5. The van der Waals surface area contributed by atoms with Crippen molar-refractivity contribution in [1.29, 1.82) is 0 Å². The Hall–Kier alpha value is -2.74. The number of aliphatic imine (C=N–C) groups is 1. The van der Waals surface area contributed by atoms with Crippen LogP contribution in [0.25, 0.3) is 0 Å². The molecule has 1 aliphatic heterocycles. The van der Waals surface area contributed by atoms with Gasteiger partial charge in [-0.25, -0.2) is 4.99 Å². The van der Waals surface area contributed by atoms with E-state index >= 15 is 0 Å². The minimum Gasteiger partial charge on any atom is -0.507 e. The van der Waals surface area contributed by atoms with Crippen LogP contribution in [0.5, 0.6) is 5.75 Å². The van der Waals surface area contributed by atoms with Crippen molar-refractivity contribution >= 4 is 29.0 Å². The Balaban J connectivity index is 1.82. The molecular weight excluding hydrogens is 555 g/mol. The van der Waals surface area contributed by atoms with Crippen LogP contribution in [0.1, 0.15) is 32.6 Å². The maximum Gasteiger partial charge on any atom is 0.416 e. The zero-order valence-electron chi connectivity index (χ0n) is 22.6. The highest BCUT2D eigenvalue weighted by Crippen LogP contribution is 2.38. The number of rotatable bonds is 14. The predicted molar refractivity (Wildman–Crippen MR) is 143 cm³/mol. The number of aromatic hydroxyl groups is 1. The molecule has 0 fully saturated rings. The number of nitrogens with one attached hydrogen (secondary N) is 1. The molecule has 0 spiro atoms. The van der Waals surface area contributed by atoms with E-state index in [9.17, 15) is 23.1 Å². The third-order valence-electron chi connectivity index (χ3n) is 6.16. The summed E-state index contributed by atoms with van der Waals surface area (Å²) in [6, 6.07) is 4.90. The first-order valence-corrected chi connectivity index (χ1v) is 12.8. The highest BCUT2D eigenvalue weighted by Gasteiger charge is 2.33. The number of methoxy groups -OCH3 is 3. The maximum absolute atomic E-state index is 13.5. The summed E-state index contributed by atoms with van der Waals surface area (Å²) in [6.07, 6.45) is -4.60. The fourth-order valence-corrected chi connectivity index (χ4v) is 4.40. The molecular formula is C27H33ClF3N3O6. The SMILES string of the molecule is COCCOCc1cc(C(F)(F)F)cc2c1N=C(NC(=O)c1cc(Cl)cc(CN(CCOC)CCOC)c1O)C2. The monoisotopic (exact) mass is 587 g/mol. The van der Waals surface area contributed by atoms with Gasteiger partial charge in [0.25, 0.3) is 5.91 Å². The van der Waals surface area contributed by atoms with Crippen molar-refractivity contribution in [3.8, 4) is 5.75 Å². The number of ether oxygens (including phenoxy) is 4. The third-order valence-corrected chi connectivity index (χ3v) is 6.38. The van der Waals surface area contributed by atoms with Gasteiger partial charge in [0, 0.05) is 63.5 Å². The maximum atomic E-state index is 13.5. The van der Waals surface area contributed by atoms with Gasteiger partial charge in [-0.3, -0.25) is 9.69 Å². The van der Waals surface area contributed by atoms with Crippen LogP contribution in [0.2, 0.25) is 5.02 Å². The summed E-state index contributed by atoms with van der Waals surface area (Å²) in [5, 5.41) is 13.8. The van der Waals surface area contributed by atoms with Gasteiger partial charge in [0.05, 0.1) is 49.8 Å². The number of alkyl halides is 3. The molecule has 0 bridgehead atoms. The average molecular weight is 588 g/mol. The second kappa shape index (κ2) is 14.8. The second-order valence-corrected chi connectivity index (χ2v) is 9.53. The summed E-state index contributed by atoms with van der Waals surface area (Å²) in [5.74, 6) is -0.813. The van der Waals surface area contributed by atoms with Crippen LogP contribution in [-0.2, 0) is 44.7 Å². The lowest BCUT2D eigenvalue weighted by Gasteiger charge is -2.23. The zero-order valence-corrected chi connectivity index (χ0v) is 23.3. The lowest BCUT2D eigenvalue weighted by Crippen LogP contribution is -2.32. The van der Waals surface area contributed by atoms with Gasteiger partial charge in [0.15, 0.2) is 0 Å². The number of carbonyl (C=O) groups excluding carboxylic acids is 1. The molecule has 40 heavy (non-hydrogen) atoms. The largest absolute Gasteiger partial charge is 0.507 e. The number of phenols is 1. The number of nitrogens with zero attached hydrogens (tertiary/aromatic N) is 2. The van der Waals surface area contributed by atoms with Crippen molar-refractivity contribution in [3.63, 3.8) is 0 Å². The fraction of sp³-hybridized carbons (Fsp3) is 0.481. The first-order chi connectivity index (χ1) is 19.1. The number of fused-ring (bicyclic) bond motifs is 1. The van der Waals surface area contributed by atoms with Gasteiger partial charge in [0.1, 0.15) is 11.6 Å². The topological polar surface area (TPSA) is 102 Å². The highest BCUT2D eigenvalue weighted by atomic mass is 35.5. The number of carbonyl (C=O) groups is 1. The molecule has 9 nitrogen and oxygen atoms in total. The highest BCUT2D eigenvalue weighted by molar-refractivity contribution is 6.31. The molecule has 2 aromatic rings. The Morgan fingerprint density at radius 3 is 2.33 bits per heavy atom. The van der Waals surface area contributed by atoms with Crippen LogP contribution in [0.4, 0.5) is 18.9 Å². The van der Waals surface area contributed by atoms with E-state index in [0.717, 1.165) is 12.1 Å².